The van der Waals surface area contributed by atoms with Crippen LogP contribution in [0.25, 0.3) is 0 Å². The van der Waals surface area contributed by atoms with Crippen LogP contribution in [0.2, 0.25) is 0 Å². The van der Waals surface area contributed by atoms with Crippen LogP contribution in [0.4, 0.5) is 0 Å². The number of phosphoric acid groups is 1. The van der Waals surface area contributed by atoms with Crippen molar-refractivity contribution >= 4 is 19.8 Å². The Kier molecular flexibility index (Phi) is 68.2. The van der Waals surface area contributed by atoms with Crippen molar-refractivity contribution in [1.29, 1.82) is 0 Å². The molecule has 0 bridgehead atoms. The molecule has 0 aromatic heterocycles. The maximum Gasteiger partial charge on any atom is 0.306 e. The summed E-state index contributed by atoms with van der Waals surface area (Å²) < 4.78 is 34.4. The molecule has 0 aromatic carbocycles. The van der Waals surface area contributed by atoms with Gasteiger partial charge in [0.05, 0.1) is 27.7 Å². The Morgan fingerprint density at radius 1 is 0.360 bits per heavy atom. The summed E-state index contributed by atoms with van der Waals surface area (Å²) >= 11 is 0. The van der Waals surface area contributed by atoms with Crippen LogP contribution in [0.15, 0.2) is 60.8 Å². The number of unbranched alkanes of at least 4 members (excludes halogenated alkanes) is 48. The summed E-state index contributed by atoms with van der Waals surface area (Å²) in [5, 5.41) is 0. The Labute approximate surface area is 553 Å². The molecule has 0 heterocycles. The molecule has 2 atom stereocenters. The van der Waals surface area contributed by atoms with E-state index >= 15 is 0 Å². The van der Waals surface area contributed by atoms with Gasteiger partial charge in [0.25, 0.3) is 7.82 Å². The Morgan fingerprint density at radius 2 is 0.640 bits per heavy atom. The highest BCUT2D eigenvalue weighted by atomic mass is 31.2. The standard InChI is InChI=1S/C79H148NO8P/c1-6-8-10-12-14-16-18-20-22-24-26-28-30-32-34-36-38-39-40-42-43-45-47-49-51-53-55-57-59-61-63-65-67-69-71-78(81)85-75-77(76-87-89(83,84)86-74-73-80(3,4)5)88-79(82)72-70-68-66-64-62-60-58-56-54-52-50-48-46-44-41-37-35-33-31-29-27-25-23-21-19-17-15-13-11-9-7-2/h9,11,15,17,21,23,27,29,33,35,77H,6-8,10,12-14,16,18-20,22,24-26,28,30-32,34,36-76H2,1-5H3/b11-9-,17-15-,23-21-,29-27-,35-33-. The Hall–Kier alpha value is -2.29. The highest BCUT2D eigenvalue weighted by Gasteiger charge is 2.22. The molecule has 0 aliphatic rings. The first-order valence-corrected chi connectivity index (χ1v) is 40.0. The fraction of sp³-hybridized carbons (Fsp3) is 0.848. The first-order chi connectivity index (χ1) is 43.5. The minimum absolute atomic E-state index is 0.0296. The summed E-state index contributed by atoms with van der Waals surface area (Å²) in [7, 11) is 1.18. The third kappa shape index (κ3) is 74.6. The van der Waals surface area contributed by atoms with Gasteiger partial charge in [-0.05, 0) is 57.8 Å². The van der Waals surface area contributed by atoms with Gasteiger partial charge in [-0.3, -0.25) is 14.2 Å². The van der Waals surface area contributed by atoms with Crippen LogP contribution in [0.3, 0.4) is 0 Å². The van der Waals surface area contributed by atoms with Crippen molar-refractivity contribution in [2.24, 2.45) is 0 Å². The minimum atomic E-state index is -4.64. The van der Waals surface area contributed by atoms with Gasteiger partial charge in [-0.1, -0.05) is 370 Å². The number of hydrogen-bond acceptors (Lipinski definition) is 8. The lowest BCUT2D eigenvalue weighted by Crippen LogP contribution is -2.37. The average molecular weight is 1270 g/mol. The fourth-order valence-electron chi connectivity index (χ4n) is 11.5. The summed E-state index contributed by atoms with van der Waals surface area (Å²) in [6.07, 6.45) is 93.4. The molecule has 0 aromatic rings. The highest BCUT2D eigenvalue weighted by Crippen LogP contribution is 2.38. The number of quaternary nitrogens is 1. The first kappa shape index (κ1) is 86.7. The number of nitrogens with zero attached hydrogens (tertiary/aromatic N) is 1. The zero-order valence-corrected chi connectivity index (χ0v) is 60.5. The second-order valence-corrected chi connectivity index (χ2v) is 28.8. The number of ether oxygens (including phenoxy) is 2. The van der Waals surface area contributed by atoms with Crippen molar-refractivity contribution in [2.45, 2.75) is 386 Å². The second-order valence-electron chi connectivity index (χ2n) is 27.4. The maximum absolute atomic E-state index is 12.9. The molecule has 0 rings (SSSR count). The maximum atomic E-state index is 12.9. The van der Waals surface area contributed by atoms with E-state index in [9.17, 15) is 19.0 Å². The molecular formula is C79H148NO8P. The predicted molar refractivity (Wildman–Crippen MR) is 383 cm³/mol. The van der Waals surface area contributed by atoms with E-state index in [4.69, 9.17) is 18.5 Å². The third-order valence-corrected chi connectivity index (χ3v) is 18.3. The first-order valence-electron chi connectivity index (χ1n) is 38.5. The van der Waals surface area contributed by atoms with Gasteiger partial charge < -0.3 is 27.9 Å². The molecule has 0 spiro atoms. The van der Waals surface area contributed by atoms with E-state index in [-0.39, 0.29) is 32.0 Å². The average Bonchev–Trinajstić information content (AvgIpc) is 3.60. The topological polar surface area (TPSA) is 111 Å². The Bertz CT molecular complexity index is 1690. The van der Waals surface area contributed by atoms with Crippen molar-refractivity contribution < 1.29 is 42.1 Å². The molecule has 10 heteroatoms. The lowest BCUT2D eigenvalue weighted by molar-refractivity contribution is -0.870. The lowest BCUT2D eigenvalue weighted by atomic mass is 10.0. The van der Waals surface area contributed by atoms with Gasteiger partial charge in [-0.25, -0.2) is 0 Å². The Morgan fingerprint density at radius 3 is 0.955 bits per heavy atom. The number of phosphoric ester groups is 1. The van der Waals surface area contributed by atoms with Crippen molar-refractivity contribution in [1.82, 2.24) is 0 Å². The predicted octanol–water partition coefficient (Wildman–Crippen LogP) is 24.7. The summed E-state index contributed by atoms with van der Waals surface area (Å²) in [6.45, 7) is 4.19. The fourth-order valence-corrected chi connectivity index (χ4v) is 12.2. The van der Waals surface area contributed by atoms with Gasteiger partial charge in [0, 0.05) is 12.8 Å². The summed E-state index contributed by atoms with van der Waals surface area (Å²) in [4.78, 5) is 38.1. The molecule has 89 heavy (non-hydrogen) atoms. The molecule has 0 amide bonds. The number of rotatable bonds is 72. The van der Waals surface area contributed by atoms with Crippen molar-refractivity contribution in [3.8, 4) is 0 Å². The summed E-state index contributed by atoms with van der Waals surface area (Å²) in [6, 6.07) is 0. The van der Waals surface area contributed by atoms with Gasteiger partial charge in [0.15, 0.2) is 6.10 Å². The zero-order valence-electron chi connectivity index (χ0n) is 59.6. The minimum Gasteiger partial charge on any atom is -0.756 e. The lowest BCUT2D eigenvalue weighted by Gasteiger charge is -2.28. The SMILES string of the molecule is CC/C=C\C/C=C\C/C=C\C/C=C\C/C=C\CCCCCCCCCCCCCCCCCC(=O)OC(COC(=O)CCCCCCCCCCCCCCCCCCCCCCCCCCCCCCCCCCCC)COP(=O)([O-])OCC[N+](C)(C)C. The molecular weight excluding hydrogens is 1120 g/mol. The van der Waals surface area contributed by atoms with E-state index in [2.05, 4.69) is 74.6 Å². The van der Waals surface area contributed by atoms with Gasteiger partial charge >= 0.3 is 11.9 Å². The molecule has 0 N–H and O–H groups in total. The molecule has 522 valence electrons. The molecule has 0 radical (unpaired) electrons. The number of carbonyl (C=O) groups is 2. The quantitative estimate of drug-likeness (QED) is 0.0195. The van der Waals surface area contributed by atoms with Crippen LogP contribution < -0.4 is 4.89 Å². The van der Waals surface area contributed by atoms with E-state index in [1.54, 1.807) is 0 Å². The number of hydrogen-bond donors (Lipinski definition) is 0. The highest BCUT2D eigenvalue weighted by molar-refractivity contribution is 7.45. The van der Waals surface area contributed by atoms with Crippen LogP contribution in [-0.4, -0.2) is 70.0 Å². The van der Waals surface area contributed by atoms with Gasteiger partial charge in [0.1, 0.15) is 19.8 Å². The zero-order chi connectivity index (χ0) is 64.8. The van der Waals surface area contributed by atoms with Crippen molar-refractivity contribution in [3.63, 3.8) is 0 Å². The van der Waals surface area contributed by atoms with E-state index < -0.39 is 26.5 Å². The van der Waals surface area contributed by atoms with Gasteiger partial charge in [-0.2, -0.15) is 0 Å². The van der Waals surface area contributed by atoms with Crippen LogP contribution >= 0.6 is 7.82 Å². The normalized spacial score (nSPS) is 13.4. The molecule has 0 saturated carbocycles. The van der Waals surface area contributed by atoms with E-state index in [0.29, 0.717) is 17.4 Å². The number of esters is 2. The van der Waals surface area contributed by atoms with Crippen LogP contribution in [0.5, 0.6) is 0 Å². The summed E-state index contributed by atoms with van der Waals surface area (Å²) in [5.74, 6) is -0.814. The molecule has 0 fully saturated rings. The van der Waals surface area contributed by atoms with Gasteiger partial charge in [-0.15, -0.1) is 0 Å². The largest absolute Gasteiger partial charge is 0.756 e. The summed E-state index contributed by atoms with van der Waals surface area (Å²) in [5.41, 5.74) is 0. The van der Waals surface area contributed by atoms with E-state index in [0.717, 1.165) is 70.6 Å². The monoisotopic (exact) mass is 1270 g/mol. The molecule has 2 unspecified atom stereocenters. The number of allylic oxidation sites excluding steroid dienone is 10. The van der Waals surface area contributed by atoms with E-state index in [1.165, 1.54) is 276 Å². The smallest absolute Gasteiger partial charge is 0.306 e. The van der Waals surface area contributed by atoms with E-state index in [1.807, 2.05) is 21.1 Å². The number of likely N-dealkylation sites (N-methyl/N-ethyl adjacent to an activating group) is 1. The second kappa shape index (κ2) is 70.0. The third-order valence-electron chi connectivity index (χ3n) is 17.3. The van der Waals surface area contributed by atoms with Crippen LogP contribution in [0.1, 0.15) is 380 Å². The number of carbonyl (C=O) groups excluding carboxylic acids is 2. The molecule has 9 nitrogen and oxygen atoms in total. The molecule has 0 aliphatic heterocycles. The van der Waals surface area contributed by atoms with Crippen LogP contribution in [0, 0.1) is 0 Å². The van der Waals surface area contributed by atoms with Crippen LogP contribution in [-0.2, 0) is 32.7 Å². The molecule has 0 aliphatic carbocycles. The van der Waals surface area contributed by atoms with Crippen molar-refractivity contribution in [2.75, 3.05) is 47.5 Å². The van der Waals surface area contributed by atoms with Gasteiger partial charge in [0.2, 0.25) is 0 Å². The Balaban J connectivity index is 3.94. The molecule has 0 saturated heterocycles. The van der Waals surface area contributed by atoms with Crippen molar-refractivity contribution in [3.05, 3.63) is 60.8 Å².